The molecule has 1 aromatic carbocycles. The number of phenolic OH excluding ortho intramolecular Hbond substituents is 1. The molecule has 0 saturated heterocycles. The molecule has 3 amide bonds. The van der Waals surface area contributed by atoms with Gasteiger partial charge >= 0.3 is 5.97 Å². The van der Waals surface area contributed by atoms with Crippen molar-refractivity contribution < 1.29 is 34.5 Å². The summed E-state index contributed by atoms with van der Waals surface area (Å²) in [6.07, 6.45) is 2.85. The van der Waals surface area contributed by atoms with Gasteiger partial charge in [0, 0.05) is 24.7 Å². The summed E-state index contributed by atoms with van der Waals surface area (Å²) in [5.74, 6) is -3.78. The van der Waals surface area contributed by atoms with Crippen molar-refractivity contribution in [3.8, 4) is 5.75 Å². The molecule has 9 N–H and O–H groups in total. The molecule has 0 spiro atoms. The molecular formula is C23H32N6O7. The zero-order valence-corrected chi connectivity index (χ0v) is 20.0. The van der Waals surface area contributed by atoms with Gasteiger partial charge in [-0.2, -0.15) is 0 Å². The van der Waals surface area contributed by atoms with E-state index in [4.69, 9.17) is 5.73 Å². The second-order valence-corrected chi connectivity index (χ2v) is 8.63. The number of carboxylic acid groups (broad SMARTS) is 1. The van der Waals surface area contributed by atoms with Crippen molar-refractivity contribution in [3.63, 3.8) is 0 Å². The van der Waals surface area contributed by atoms with Crippen molar-refractivity contribution in [2.24, 2.45) is 11.7 Å². The predicted octanol–water partition coefficient (Wildman–Crippen LogP) is -1.58. The van der Waals surface area contributed by atoms with E-state index in [0.29, 0.717) is 11.3 Å². The Morgan fingerprint density at radius 3 is 2.00 bits per heavy atom. The number of phenols is 1. The van der Waals surface area contributed by atoms with E-state index >= 15 is 0 Å². The molecule has 36 heavy (non-hydrogen) atoms. The molecule has 4 unspecified atom stereocenters. The minimum Gasteiger partial charge on any atom is -0.508 e. The number of hydrogen-bond donors (Lipinski definition) is 8. The van der Waals surface area contributed by atoms with Gasteiger partial charge in [0.15, 0.2) is 0 Å². The van der Waals surface area contributed by atoms with E-state index in [2.05, 4.69) is 25.9 Å². The van der Waals surface area contributed by atoms with Gasteiger partial charge in [0.1, 0.15) is 23.9 Å². The van der Waals surface area contributed by atoms with E-state index in [1.54, 1.807) is 13.8 Å². The summed E-state index contributed by atoms with van der Waals surface area (Å²) >= 11 is 0. The lowest BCUT2D eigenvalue weighted by Crippen LogP contribution is -2.58. The molecule has 0 radical (unpaired) electrons. The molecule has 13 nitrogen and oxygen atoms in total. The SMILES string of the molecule is CC(C)C(N)C(=O)NC(Cc1cnc[nH]1)C(=O)NC(Cc1ccc(O)cc1)C(=O)NC(CO)C(=O)O. The van der Waals surface area contributed by atoms with Gasteiger partial charge in [-0.25, -0.2) is 9.78 Å². The first-order chi connectivity index (χ1) is 17.0. The van der Waals surface area contributed by atoms with Crippen molar-refractivity contribution in [2.75, 3.05) is 6.61 Å². The summed E-state index contributed by atoms with van der Waals surface area (Å²) in [4.78, 5) is 56.8. The van der Waals surface area contributed by atoms with E-state index in [-0.39, 0.29) is 24.5 Å². The Bertz CT molecular complexity index is 1030. The highest BCUT2D eigenvalue weighted by atomic mass is 16.4. The number of H-pyrrole nitrogens is 1. The van der Waals surface area contributed by atoms with Gasteiger partial charge in [-0.3, -0.25) is 14.4 Å². The van der Waals surface area contributed by atoms with Gasteiger partial charge in [-0.15, -0.1) is 0 Å². The number of aromatic hydroxyl groups is 1. The van der Waals surface area contributed by atoms with Gasteiger partial charge < -0.3 is 42.0 Å². The third-order valence-corrected chi connectivity index (χ3v) is 5.44. The average molecular weight is 505 g/mol. The fourth-order valence-corrected chi connectivity index (χ4v) is 3.20. The van der Waals surface area contributed by atoms with Gasteiger partial charge in [0.25, 0.3) is 0 Å². The van der Waals surface area contributed by atoms with Gasteiger partial charge in [-0.05, 0) is 23.6 Å². The summed E-state index contributed by atoms with van der Waals surface area (Å²) in [6.45, 7) is 2.66. The van der Waals surface area contributed by atoms with Crippen LogP contribution in [-0.2, 0) is 32.0 Å². The number of aliphatic carboxylic acids is 1. The third kappa shape index (κ3) is 8.36. The summed E-state index contributed by atoms with van der Waals surface area (Å²) in [5, 5.41) is 35.3. The van der Waals surface area contributed by atoms with E-state index in [0.717, 1.165) is 0 Å². The highest BCUT2D eigenvalue weighted by molar-refractivity contribution is 5.94. The molecule has 0 aliphatic carbocycles. The van der Waals surface area contributed by atoms with Crippen LogP contribution in [0.25, 0.3) is 0 Å². The predicted molar refractivity (Wildman–Crippen MR) is 127 cm³/mol. The molecule has 0 fully saturated rings. The molecular weight excluding hydrogens is 472 g/mol. The van der Waals surface area contributed by atoms with Crippen LogP contribution in [0.1, 0.15) is 25.1 Å². The maximum absolute atomic E-state index is 13.3. The number of nitrogens with one attached hydrogen (secondary N) is 4. The molecule has 0 bridgehead atoms. The van der Waals surface area contributed by atoms with Crippen LogP contribution in [0.15, 0.2) is 36.8 Å². The highest BCUT2D eigenvalue weighted by Gasteiger charge is 2.31. The minimum absolute atomic E-state index is 0.00108. The smallest absolute Gasteiger partial charge is 0.328 e. The van der Waals surface area contributed by atoms with Crippen LogP contribution in [0.2, 0.25) is 0 Å². The molecule has 1 heterocycles. The third-order valence-electron chi connectivity index (χ3n) is 5.44. The number of nitrogens with two attached hydrogens (primary N) is 1. The monoisotopic (exact) mass is 504 g/mol. The Hall–Kier alpha value is -3.97. The number of hydrogen-bond acceptors (Lipinski definition) is 8. The standard InChI is InChI=1S/C23H32N6O7/c1-12(2)19(24)22(34)28-17(8-14-9-25-11-26-14)21(33)27-16(7-13-3-5-15(31)6-4-13)20(32)29-18(10-30)23(35)36/h3-6,9,11-12,16-19,30-31H,7-8,10,24H2,1-2H3,(H,25,26)(H,27,33)(H,28,34)(H,29,32)(H,35,36). The lowest BCUT2D eigenvalue weighted by atomic mass is 10.0. The van der Waals surface area contributed by atoms with Gasteiger partial charge in [-0.1, -0.05) is 26.0 Å². The normalized spacial score (nSPS) is 14.4. The van der Waals surface area contributed by atoms with Crippen LogP contribution < -0.4 is 21.7 Å². The molecule has 2 rings (SSSR count). The fourth-order valence-electron chi connectivity index (χ4n) is 3.20. The molecule has 4 atom stereocenters. The largest absolute Gasteiger partial charge is 0.508 e. The lowest BCUT2D eigenvalue weighted by molar-refractivity contribution is -0.143. The number of carboxylic acids is 1. The van der Waals surface area contributed by atoms with E-state index in [1.807, 2.05) is 0 Å². The summed E-state index contributed by atoms with van der Waals surface area (Å²) < 4.78 is 0. The maximum atomic E-state index is 13.3. The maximum Gasteiger partial charge on any atom is 0.328 e. The van der Waals surface area contributed by atoms with Crippen molar-refractivity contribution in [2.45, 2.75) is 50.9 Å². The fraction of sp³-hybridized carbons (Fsp3) is 0.435. The van der Waals surface area contributed by atoms with Crippen molar-refractivity contribution in [1.29, 1.82) is 0 Å². The number of aromatic amines is 1. The Balaban J connectivity index is 2.28. The Morgan fingerprint density at radius 2 is 1.50 bits per heavy atom. The van der Waals surface area contributed by atoms with Crippen molar-refractivity contribution in [3.05, 3.63) is 48.0 Å². The number of aromatic nitrogens is 2. The quantitative estimate of drug-likeness (QED) is 0.157. The van der Waals surface area contributed by atoms with Crippen LogP contribution in [0.4, 0.5) is 0 Å². The number of aliphatic hydroxyl groups is 1. The number of nitrogens with zero attached hydrogens (tertiary/aromatic N) is 1. The average Bonchev–Trinajstić information content (AvgIpc) is 3.35. The summed E-state index contributed by atoms with van der Waals surface area (Å²) in [7, 11) is 0. The molecule has 2 aromatic rings. The zero-order valence-electron chi connectivity index (χ0n) is 20.0. The topological polar surface area (TPSA) is 220 Å². The highest BCUT2D eigenvalue weighted by Crippen LogP contribution is 2.12. The van der Waals surface area contributed by atoms with Crippen molar-refractivity contribution in [1.82, 2.24) is 25.9 Å². The van der Waals surface area contributed by atoms with E-state index < -0.39 is 54.5 Å². The van der Waals surface area contributed by atoms with Crippen LogP contribution in [0, 0.1) is 5.92 Å². The Kier molecular flexibility index (Phi) is 10.4. The van der Waals surface area contributed by atoms with Gasteiger partial charge in [0.2, 0.25) is 17.7 Å². The van der Waals surface area contributed by atoms with Crippen LogP contribution in [-0.4, -0.2) is 79.8 Å². The number of rotatable bonds is 13. The second kappa shape index (κ2) is 13.2. The van der Waals surface area contributed by atoms with E-state index in [1.165, 1.54) is 36.8 Å². The van der Waals surface area contributed by atoms with Crippen molar-refractivity contribution >= 4 is 23.7 Å². The number of imidazole rings is 1. The van der Waals surface area contributed by atoms with Crippen LogP contribution in [0.3, 0.4) is 0 Å². The lowest BCUT2D eigenvalue weighted by Gasteiger charge is -2.25. The Labute approximate surface area is 207 Å². The molecule has 196 valence electrons. The van der Waals surface area contributed by atoms with Crippen LogP contribution >= 0.6 is 0 Å². The second-order valence-electron chi connectivity index (χ2n) is 8.63. The summed E-state index contributed by atoms with van der Waals surface area (Å²) in [6, 6.07) is 1.01. The number of carbonyl (C=O) groups excluding carboxylic acids is 3. The van der Waals surface area contributed by atoms with Gasteiger partial charge in [0.05, 0.1) is 19.0 Å². The van der Waals surface area contributed by atoms with E-state index in [9.17, 15) is 34.5 Å². The molecule has 0 saturated carbocycles. The number of carbonyl (C=O) groups is 4. The minimum atomic E-state index is -1.58. The zero-order chi connectivity index (χ0) is 26.8. The first kappa shape index (κ1) is 28.3. The number of benzene rings is 1. The molecule has 0 aliphatic rings. The molecule has 1 aromatic heterocycles. The number of amides is 3. The first-order valence-electron chi connectivity index (χ1n) is 11.3. The molecule has 0 aliphatic heterocycles. The van der Waals surface area contributed by atoms with Crippen LogP contribution in [0.5, 0.6) is 5.75 Å². The Morgan fingerprint density at radius 1 is 0.944 bits per heavy atom. The molecule has 13 heteroatoms. The first-order valence-corrected chi connectivity index (χ1v) is 11.3. The summed E-state index contributed by atoms with van der Waals surface area (Å²) in [5.41, 5.74) is 7.01. The number of aliphatic hydroxyl groups excluding tert-OH is 1.